The molecular formula is C17H32N2S. The SMILES string of the molecule is CN1CCCC2CN(CC3(CS)CCCCC3)CCC21. The Kier molecular flexibility index (Phi) is 4.99. The lowest BCUT2D eigenvalue weighted by Crippen LogP contribution is -2.54. The van der Waals surface area contributed by atoms with Gasteiger partial charge in [0.2, 0.25) is 0 Å². The Hall–Kier alpha value is 0.270. The van der Waals surface area contributed by atoms with Gasteiger partial charge in [0.25, 0.3) is 0 Å². The Bertz CT molecular complexity index is 314. The van der Waals surface area contributed by atoms with Crippen LogP contribution in [0.1, 0.15) is 51.4 Å². The molecule has 3 heteroatoms. The van der Waals surface area contributed by atoms with Gasteiger partial charge in [-0.2, -0.15) is 12.6 Å². The number of hydrogen-bond donors (Lipinski definition) is 1. The normalized spacial score (nSPS) is 35.7. The molecule has 2 nitrogen and oxygen atoms in total. The van der Waals surface area contributed by atoms with E-state index in [-0.39, 0.29) is 0 Å². The van der Waals surface area contributed by atoms with Gasteiger partial charge in [-0.15, -0.1) is 0 Å². The standard InChI is InChI=1S/C17H32N2S/c1-18-10-5-6-15-12-19(11-7-16(15)18)13-17(14-20)8-3-2-4-9-17/h15-16,20H,2-14H2,1H3. The highest BCUT2D eigenvalue weighted by Crippen LogP contribution is 2.39. The fraction of sp³-hybridized carbons (Fsp3) is 1.00. The zero-order valence-corrected chi connectivity index (χ0v) is 14.1. The summed E-state index contributed by atoms with van der Waals surface area (Å²) in [6, 6.07) is 0.873. The van der Waals surface area contributed by atoms with Crippen molar-refractivity contribution in [3.05, 3.63) is 0 Å². The van der Waals surface area contributed by atoms with Crippen molar-refractivity contribution in [1.82, 2.24) is 9.80 Å². The highest BCUT2D eigenvalue weighted by molar-refractivity contribution is 7.80. The lowest BCUT2D eigenvalue weighted by Gasteiger charge is -2.48. The number of thiol groups is 1. The van der Waals surface area contributed by atoms with Crippen LogP contribution < -0.4 is 0 Å². The van der Waals surface area contributed by atoms with Gasteiger partial charge in [-0.1, -0.05) is 19.3 Å². The third kappa shape index (κ3) is 3.20. The molecule has 0 aromatic carbocycles. The van der Waals surface area contributed by atoms with E-state index in [0.717, 1.165) is 17.7 Å². The summed E-state index contributed by atoms with van der Waals surface area (Å²) in [5.74, 6) is 2.03. The van der Waals surface area contributed by atoms with Gasteiger partial charge in [0.15, 0.2) is 0 Å². The van der Waals surface area contributed by atoms with Crippen LogP contribution in [0.2, 0.25) is 0 Å². The quantitative estimate of drug-likeness (QED) is 0.799. The Morgan fingerprint density at radius 2 is 1.85 bits per heavy atom. The minimum atomic E-state index is 0.536. The molecule has 0 spiro atoms. The maximum Gasteiger partial charge on any atom is 0.0145 e. The van der Waals surface area contributed by atoms with Crippen molar-refractivity contribution >= 4 is 12.6 Å². The van der Waals surface area contributed by atoms with Crippen LogP contribution in [0.25, 0.3) is 0 Å². The second-order valence-electron chi connectivity index (χ2n) is 7.69. The predicted molar refractivity (Wildman–Crippen MR) is 89.6 cm³/mol. The lowest BCUT2D eigenvalue weighted by atomic mass is 9.74. The van der Waals surface area contributed by atoms with Crippen molar-refractivity contribution in [2.24, 2.45) is 11.3 Å². The largest absolute Gasteiger partial charge is 0.303 e. The molecule has 0 radical (unpaired) electrons. The second-order valence-corrected chi connectivity index (χ2v) is 8.01. The number of piperidine rings is 2. The molecule has 2 saturated heterocycles. The monoisotopic (exact) mass is 296 g/mol. The van der Waals surface area contributed by atoms with Gasteiger partial charge in [-0.25, -0.2) is 0 Å². The van der Waals surface area contributed by atoms with Crippen LogP contribution in [-0.4, -0.2) is 54.8 Å². The van der Waals surface area contributed by atoms with E-state index in [0.29, 0.717) is 5.41 Å². The summed E-state index contributed by atoms with van der Waals surface area (Å²) < 4.78 is 0. The molecule has 0 aromatic heterocycles. The lowest BCUT2D eigenvalue weighted by molar-refractivity contribution is 0.0161. The van der Waals surface area contributed by atoms with Gasteiger partial charge < -0.3 is 9.80 Å². The third-order valence-corrected chi connectivity index (χ3v) is 6.91. The maximum absolute atomic E-state index is 4.72. The molecule has 2 aliphatic heterocycles. The van der Waals surface area contributed by atoms with Gasteiger partial charge in [-0.05, 0) is 69.3 Å². The van der Waals surface area contributed by atoms with E-state index in [2.05, 4.69) is 16.8 Å². The summed E-state index contributed by atoms with van der Waals surface area (Å²) in [4.78, 5) is 5.42. The predicted octanol–water partition coefficient (Wildman–Crippen LogP) is 3.28. The molecule has 2 atom stereocenters. The number of rotatable bonds is 3. The maximum atomic E-state index is 4.72. The molecule has 2 unspecified atom stereocenters. The summed E-state index contributed by atoms with van der Waals surface area (Å²) in [7, 11) is 2.34. The first kappa shape index (κ1) is 15.2. The van der Waals surface area contributed by atoms with E-state index in [9.17, 15) is 0 Å². The summed E-state index contributed by atoms with van der Waals surface area (Å²) >= 11 is 4.72. The minimum Gasteiger partial charge on any atom is -0.303 e. The molecule has 0 aromatic rings. The van der Waals surface area contributed by atoms with Crippen LogP contribution in [0, 0.1) is 11.3 Å². The van der Waals surface area contributed by atoms with Gasteiger partial charge in [0.05, 0.1) is 0 Å². The number of hydrogen-bond acceptors (Lipinski definition) is 3. The first-order chi connectivity index (χ1) is 9.72. The molecule has 3 fully saturated rings. The Balaban J connectivity index is 1.58. The highest BCUT2D eigenvalue weighted by Gasteiger charge is 2.38. The molecule has 3 aliphatic rings. The van der Waals surface area contributed by atoms with Crippen LogP contribution in [0.3, 0.4) is 0 Å². The number of fused-ring (bicyclic) bond motifs is 1. The zero-order chi connectivity index (χ0) is 14.0. The summed E-state index contributed by atoms with van der Waals surface area (Å²) in [5.41, 5.74) is 0.536. The second kappa shape index (κ2) is 6.58. The molecule has 0 amide bonds. The summed E-state index contributed by atoms with van der Waals surface area (Å²) in [6.45, 7) is 5.32. The summed E-state index contributed by atoms with van der Waals surface area (Å²) in [6.07, 6.45) is 11.4. The topological polar surface area (TPSA) is 6.48 Å². The van der Waals surface area contributed by atoms with Crippen LogP contribution in [0.5, 0.6) is 0 Å². The van der Waals surface area contributed by atoms with Crippen molar-refractivity contribution < 1.29 is 0 Å². The van der Waals surface area contributed by atoms with Crippen LogP contribution in [0.15, 0.2) is 0 Å². The van der Waals surface area contributed by atoms with Crippen molar-refractivity contribution in [3.63, 3.8) is 0 Å². The van der Waals surface area contributed by atoms with E-state index in [1.807, 2.05) is 0 Å². The van der Waals surface area contributed by atoms with Crippen molar-refractivity contribution in [1.29, 1.82) is 0 Å². The average molecular weight is 297 g/mol. The van der Waals surface area contributed by atoms with Crippen molar-refractivity contribution in [2.45, 2.75) is 57.4 Å². The van der Waals surface area contributed by atoms with Crippen molar-refractivity contribution in [3.8, 4) is 0 Å². The van der Waals surface area contributed by atoms with Gasteiger partial charge >= 0.3 is 0 Å². The first-order valence-corrected chi connectivity index (χ1v) is 9.39. The molecule has 3 rings (SSSR count). The molecule has 116 valence electrons. The fourth-order valence-corrected chi connectivity index (χ4v) is 5.43. The Labute approximate surface area is 130 Å². The Morgan fingerprint density at radius 1 is 1.05 bits per heavy atom. The average Bonchev–Trinajstić information content (AvgIpc) is 2.48. The van der Waals surface area contributed by atoms with Crippen molar-refractivity contribution in [2.75, 3.05) is 39.0 Å². The Morgan fingerprint density at radius 3 is 2.60 bits per heavy atom. The van der Waals surface area contributed by atoms with Gasteiger partial charge in [0, 0.05) is 19.1 Å². The minimum absolute atomic E-state index is 0.536. The van der Waals surface area contributed by atoms with Gasteiger partial charge in [0.1, 0.15) is 0 Å². The molecule has 20 heavy (non-hydrogen) atoms. The zero-order valence-electron chi connectivity index (χ0n) is 13.2. The molecule has 0 N–H and O–H groups in total. The van der Waals surface area contributed by atoms with Crippen LogP contribution in [-0.2, 0) is 0 Å². The smallest absolute Gasteiger partial charge is 0.0145 e. The van der Waals surface area contributed by atoms with Crippen LogP contribution >= 0.6 is 12.6 Å². The molecule has 2 heterocycles. The molecule has 1 saturated carbocycles. The molecule has 1 aliphatic carbocycles. The van der Waals surface area contributed by atoms with E-state index in [1.165, 1.54) is 77.5 Å². The number of nitrogens with zero attached hydrogens (tertiary/aromatic N) is 2. The van der Waals surface area contributed by atoms with E-state index in [1.54, 1.807) is 0 Å². The number of likely N-dealkylation sites (tertiary alicyclic amines) is 2. The summed E-state index contributed by atoms with van der Waals surface area (Å²) in [5, 5.41) is 0. The van der Waals surface area contributed by atoms with E-state index < -0.39 is 0 Å². The highest BCUT2D eigenvalue weighted by atomic mass is 32.1. The molecule has 0 bridgehead atoms. The van der Waals surface area contributed by atoms with Gasteiger partial charge in [-0.3, -0.25) is 0 Å². The first-order valence-electron chi connectivity index (χ1n) is 8.76. The van der Waals surface area contributed by atoms with E-state index in [4.69, 9.17) is 12.6 Å². The third-order valence-electron chi connectivity index (χ3n) is 6.24. The van der Waals surface area contributed by atoms with Crippen LogP contribution in [0.4, 0.5) is 0 Å². The molecular weight excluding hydrogens is 264 g/mol. The van der Waals surface area contributed by atoms with E-state index >= 15 is 0 Å². The fourth-order valence-electron chi connectivity index (χ4n) is 5.01.